The zero-order chi connectivity index (χ0) is 7.70. The lowest BCUT2D eigenvalue weighted by Crippen LogP contribution is -2.13. The van der Waals surface area contributed by atoms with Crippen molar-refractivity contribution in [2.24, 2.45) is 0 Å². The Bertz CT molecular complexity index is 86.9. The van der Waals surface area contributed by atoms with Crippen molar-refractivity contribution in [3.8, 4) is 0 Å². The van der Waals surface area contributed by atoms with Crippen molar-refractivity contribution < 1.29 is 4.79 Å². The lowest BCUT2D eigenvalue weighted by atomic mass is 10.5. The van der Waals surface area contributed by atoms with Gasteiger partial charge in [-0.3, -0.25) is 4.79 Å². The van der Waals surface area contributed by atoms with Gasteiger partial charge < -0.3 is 5.32 Å². The van der Waals surface area contributed by atoms with Crippen molar-refractivity contribution in [3.63, 3.8) is 0 Å². The minimum absolute atomic E-state index is 0.0532. The van der Waals surface area contributed by atoms with Crippen molar-refractivity contribution >= 4 is 5.91 Å². The fourth-order valence-corrected chi connectivity index (χ4v) is 0.235. The molecule has 0 heterocycles. The zero-order valence-electron chi connectivity index (χ0n) is 6.56. The largest absolute Gasteiger partial charge is 0.356 e. The number of hydrogen-bond donors (Lipinski definition) is 1. The first kappa shape index (κ1) is 11.1. The van der Waals surface area contributed by atoms with Gasteiger partial charge in [0, 0.05) is 7.05 Å². The maximum atomic E-state index is 10.2. The summed E-state index contributed by atoms with van der Waals surface area (Å²) >= 11 is 0. The Morgan fingerprint density at radius 3 is 2.00 bits per heavy atom. The fourth-order valence-electron chi connectivity index (χ4n) is 0.235. The zero-order valence-corrected chi connectivity index (χ0v) is 6.56. The van der Waals surface area contributed by atoms with Crippen LogP contribution in [0.4, 0.5) is 0 Å². The van der Waals surface area contributed by atoms with Crippen LogP contribution in [0.1, 0.15) is 20.8 Å². The molecule has 0 saturated carbocycles. The van der Waals surface area contributed by atoms with E-state index in [1.54, 1.807) is 20.0 Å². The van der Waals surface area contributed by atoms with Gasteiger partial charge in [0.15, 0.2) is 0 Å². The third-order valence-electron chi connectivity index (χ3n) is 0.564. The molecule has 0 aliphatic rings. The topological polar surface area (TPSA) is 29.1 Å². The molecule has 0 atom stereocenters. The van der Waals surface area contributed by atoms with Crippen molar-refractivity contribution in [1.82, 2.24) is 5.32 Å². The lowest BCUT2D eigenvalue weighted by Gasteiger charge is -1.84. The van der Waals surface area contributed by atoms with Gasteiger partial charge in [-0.1, -0.05) is 19.9 Å². The van der Waals surface area contributed by atoms with E-state index in [1.165, 1.54) is 6.08 Å². The Balaban J connectivity index is 0. The van der Waals surface area contributed by atoms with E-state index in [0.717, 1.165) is 0 Å². The predicted molar refractivity (Wildman–Crippen MR) is 40.2 cm³/mol. The second-order valence-electron chi connectivity index (χ2n) is 1.11. The quantitative estimate of drug-likeness (QED) is 0.532. The van der Waals surface area contributed by atoms with Gasteiger partial charge in [-0.15, -0.1) is 0 Å². The molecule has 0 rings (SSSR count). The Hall–Kier alpha value is -0.790. The minimum atomic E-state index is -0.0532. The SMILES string of the molecule is C/C=C\C(=O)NC.CC. The molecule has 0 unspecified atom stereocenters. The fraction of sp³-hybridized carbons (Fsp3) is 0.571. The first-order valence-electron chi connectivity index (χ1n) is 3.15. The molecular weight excluding hydrogens is 114 g/mol. The van der Waals surface area contributed by atoms with Crippen LogP contribution in [0.5, 0.6) is 0 Å². The first-order valence-corrected chi connectivity index (χ1v) is 3.15. The van der Waals surface area contributed by atoms with Crippen LogP contribution in [0.2, 0.25) is 0 Å². The number of allylic oxidation sites excluding steroid dienone is 1. The summed E-state index contributed by atoms with van der Waals surface area (Å²) in [6, 6.07) is 0. The Labute approximate surface area is 57.0 Å². The molecule has 0 radical (unpaired) electrons. The molecule has 0 aromatic rings. The van der Waals surface area contributed by atoms with Crippen LogP contribution in [0.25, 0.3) is 0 Å². The molecule has 2 heteroatoms. The van der Waals surface area contributed by atoms with Gasteiger partial charge in [0.05, 0.1) is 0 Å². The van der Waals surface area contributed by atoms with E-state index in [4.69, 9.17) is 0 Å². The van der Waals surface area contributed by atoms with Gasteiger partial charge in [0.1, 0.15) is 0 Å². The highest BCUT2D eigenvalue weighted by molar-refractivity contribution is 5.86. The van der Waals surface area contributed by atoms with E-state index in [-0.39, 0.29) is 5.91 Å². The van der Waals surface area contributed by atoms with E-state index in [0.29, 0.717) is 0 Å². The summed E-state index contributed by atoms with van der Waals surface area (Å²) in [5, 5.41) is 2.44. The maximum absolute atomic E-state index is 10.2. The number of carbonyl (C=O) groups excluding carboxylic acids is 1. The average Bonchev–Trinajstić information content (AvgIpc) is 1.93. The van der Waals surface area contributed by atoms with E-state index in [9.17, 15) is 4.79 Å². The van der Waals surface area contributed by atoms with Crippen LogP contribution in [0.3, 0.4) is 0 Å². The van der Waals surface area contributed by atoms with E-state index >= 15 is 0 Å². The molecule has 0 fully saturated rings. The molecule has 1 amide bonds. The highest BCUT2D eigenvalue weighted by Crippen LogP contribution is 1.66. The Kier molecular flexibility index (Phi) is 12.6. The van der Waals surface area contributed by atoms with Crippen LogP contribution in [0, 0.1) is 0 Å². The smallest absolute Gasteiger partial charge is 0.243 e. The number of amides is 1. The van der Waals surface area contributed by atoms with E-state index in [2.05, 4.69) is 5.32 Å². The van der Waals surface area contributed by atoms with Gasteiger partial charge in [0.2, 0.25) is 5.91 Å². The molecule has 2 nitrogen and oxygen atoms in total. The van der Waals surface area contributed by atoms with Crippen molar-refractivity contribution in [2.45, 2.75) is 20.8 Å². The summed E-state index contributed by atoms with van der Waals surface area (Å²) in [7, 11) is 1.60. The average molecular weight is 129 g/mol. The molecule has 9 heavy (non-hydrogen) atoms. The van der Waals surface area contributed by atoms with E-state index in [1.807, 2.05) is 13.8 Å². The highest BCUT2D eigenvalue weighted by atomic mass is 16.1. The van der Waals surface area contributed by atoms with Gasteiger partial charge in [-0.25, -0.2) is 0 Å². The molecule has 0 saturated heterocycles. The minimum Gasteiger partial charge on any atom is -0.356 e. The van der Waals surface area contributed by atoms with Crippen molar-refractivity contribution in [3.05, 3.63) is 12.2 Å². The molecule has 0 aromatic carbocycles. The summed E-state index contributed by atoms with van der Waals surface area (Å²) < 4.78 is 0. The summed E-state index contributed by atoms with van der Waals surface area (Å²) in [5.41, 5.74) is 0. The standard InChI is InChI=1S/C5H9NO.C2H6/c1-3-4-5(7)6-2;1-2/h3-4H,1-2H3,(H,6,7);1-2H3/b4-3-;. The summed E-state index contributed by atoms with van der Waals surface area (Å²) in [6.45, 7) is 5.80. The number of hydrogen-bond acceptors (Lipinski definition) is 1. The van der Waals surface area contributed by atoms with Crippen LogP contribution in [-0.2, 0) is 4.79 Å². The Morgan fingerprint density at radius 2 is 1.89 bits per heavy atom. The van der Waals surface area contributed by atoms with Crippen LogP contribution < -0.4 is 5.32 Å². The van der Waals surface area contributed by atoms with Crippen LogP contribution in [0.15, 0.2) is 12.2 Å². The highest BCUT2D eigenvalue weighted by Gasteiger charge is 1.81. The third kappa shape index (κ3) is 11.0. The number of rotatable bonds is 1. The second-order valence-corrected chi connectivity index (χ2v) is 1.11. The summed E-state index contributed by atoms with van der Waals surface area (Å²) in [6.07, 6.45) is 3.17. The van der Waals surface area contributed by atoms with Crippen molar-refractivity contribution in [1.29, 1.82) is 0 Å². The van der Waals surface area contributed by atoms with Crippen molar-refractivity contribution in [2.75, 3.05) is 7.05 Å². The monoisotopic (exact) mass is 129 g/mol. The van der Waals surface area contributed by atoms with Gasteiger partial charge in [-0.05, 0) is 13.0 Å². The molecule has 54 valence electrons. The van der Waals surface area contributed by atoms with Crippen LogP contribution in [-0.4, -0.2) is 13.0 Å². The van der Waals surface area contributed by atoms with E-state index < -0.39 is 0 Å². The third-order valence-corrected chi connectivity index (χ3v) is 0.564. The van der Waals surface area contributed by atoms with Crippen LogP contribution >= 0.6 is 0 Å². The summed E-state index contributed by atoms with van der Waals surface area (Å²) in [4.78, 5) is 10.2. The van der Waals surface area contributed by atoms with Gasteiger partial charge in [0.25, 0.3) is 0 Å². The molecule has 0 bridgehead atoms. The molecule has 1 N–H and O–H groups in total. The molecule has 0 aliphatic carbocycles. The normalized spacial score (nSPS) is 8.00. The van der Waals surface area contributed by atoms with Gasteiger partial charge in [-0.2, -0.15) is 0 Å². The Morgan fingerprint density at radius 1 is 1.44 bits per heavy atom. The maximum Gasteiger partial charge on any atom is 0.243 e. The molecule has 0 aromatic heterocycles. The predicted octanol–water partition coefficient (Wildman–Crippen LogP) is 1.33. The molecule has 0 aliphatic heterocycles. The number of nitrogens with one attached hydrogen (secondary N) is 1. The molecule has 0 spiro atoms. The molecular formula is C7H15NO. The number of likely N-dealkylation sites (N-methyl/N-ethyl adjacent to an activating group) is 1. The lowest BCUT2D eigenvalue weighted by molar-refractivity contribution is -0.116. The number of carbonyl (C=O) groups is 1. The summed E-state index contributed by atoms with van der Waals surface area (Å²) in [5.74, 6) is -0.0532. The second kappa shape index (κ2) is 10.2. The first-order chi connectivity index (χ1) is 4.31. The van der Waals surface area contributed by atoms with Gasteiger partial charge >= 0.3 is 0 Å².